The fourth-order valence-electron chi connectivity index (χ4n) is 2.36. The highest BCUT2D eigenvalue weighted by Crippen LogP contribution is 2.25. The molecule has 1 amide bonds. The summed E-state index contributed by atoms with van der Waals surface area (Å²) >= 11 is 0. The summed E-state index contributed by atoms with van der Waals surface area (Å²) in [6, 6.07) is -0.598. The average Bonchev–Trinajstić information content (AvgIpc) is 2.62. The van der Waals surface area contributed by atoms with Gasteiger partial charge < -0.3 is 10.2 Å². The largest absolute Gasteiger partial charge is 0.352 e. The molecule has 0 aromatic carbocycles. The van der Waals surface area contributed by atoms with Crippen LogP contribution in [0, 0.1) is 0 Å². The topological polar surface area (TPSA) is 44.4 Å². The predicted molar refractivity (Wildman–Crippen MR) is 60.0 cm³/mol. The molecular weight excluding hydrogens is 228 g/mol. The number of nitrogens with zero attached hydrogens (tertiary/aromatic N) is 1. The van der Waals surface area contributed by atoms with Crippen molar-refractivity contribution >= 4 is 5.91 Å². The maximum Gasteiger partial charge on any atom is 0.262 e. The van der Waals surface area contributed by atoms with Crippen molar-refractivity contribution < 1.29 is 13.6 Å². The molecule has 0 bridgehead atoms. The molecule has 2 rings (SSSR count). The summed E-state index contributed by atoms with van der Waals surface area (Å²) in [5.41, 5.74) is 0. The molecule has 17 heavy (non-hydrogen) atoms. The maximum atomic E-state index is 12.9. The van der Waals surface area contributed by atoms with Gasteiger partial charge in [0, 0.05) is 12.5 Å². The van der Waals surface area contributed by atoms with Crippen molar-refractivity contribution in [3.8, 4) is 0 Å². The summed E-state index contributed by atoms with van der Waals surface area (Å²) in [5.74, 6) is -3.02. The van der Waals surface area contributed by atoms with Crippen molar-refractivity contribution in [1.29, 1.82) is 0 Å². The van der Waals surface area contributed by atoms with Crippen molar-refractivity contribution in [2.24, 2.45) is 0 Å². The Morgan fingerprint density at radius 1 is 1.41 bits per heavy atom. The molecule has 0 aromatic rings. The molecule has 0 radical (unpaired) electrons. The van der Waals surface area contributed by atoms with E-state index in [1.165, 1.54) is 0 Å². The fraction of sp³-hybridized carbons (Fsp3) is 0.909. The van der Waals surface area contributed by atoms with E-state index in [4.69, 9.17) is 0 Å². The quantitative estimate of drug-likeness (QED) is 0.732. The molecule has 0 aromatic heterocycles. The van der Waals surface area contributed by atoms with Gasteiger partial charge in [0.15, 0.2) is 0 Å². The number of halogens is 2. The number of amides is 1. The summed E-state index contributed by atoms with van der Waals surface area (Å²) in [4.78, 5) is 14.0. The zero-order valence-corrected chi connectivity index (χ0v) is 10.0. The van der Waals surface area contributed by atoms with Gasteiger partial charge in [-0.25, -0.2) is 8.78 Å². The van der Waals surface area contributed by atoms with E-state index in [2.05, 4.69) is 15.5 Å². The highest BCUT2D eigenvalue weighted by Gasteiger charge is 2.42. The first kappa shape index (κ1) is 12.7. The SMILES string of the molecule is CN1CCC(NC(=O)C2CC(F)(F)CN2)CC1. The first-order valence-corrected chi connectivity index (χ1v) is 6.06. The van der Waals surface area contributed by atoms with Crippen LogP contribution in [-0.4, -0.2) is 55.5 Å². The minimum Gasteiger partial charge on any atom is -0.352 e. The number of hydrogen-bond acceptors (Lipinski definition) is 3. The standard InChI is InChI=1S/C11H19F2N3O/c1-16-4-2-8(3-5-16)15-10(17)9-6-11(12,13)7-14-9/h8-9,14H,2-7H2,1H3,(H,15,17). The number of carbonyl (C=O) groups excluding carboxylic acids is 1. The number of hydrogen-bond donors (Lipinski definition) is 2. The number of piperidine rings is 1. The van der Waals surface area contributed by atoms with E-state index in [1.54, 1.807) is 0 Å². The Labute approximate surface area is 99.7 Å². The van der Waals surface area contributed by atoms with E-state index in [0.29, 0.717) is 0 Å². The van der Waals surface area contributed by atoms with Crippen molar-refractivity contribution in [3.05, 3.63) is 0 Å². The van der Waals surface area contributed by atoms with Gasteiger partial charge in [0.2, 0.25) is 5.91 Å². The fourth-order valence-corrected chi connectivity index (χ4v) is 2.36. The van der Waals surface area contributed by atoms with Gasteiger partial charge in [0.25, 0.3) is 5.92 Å². The highest BCUT2D eigenvalue weighted by atomic mass is 19.3. The van der Waals surface area contributed by atoms with Crippen LogP contribution >= 0.6 is 0 Å². The Bertz CT molecular complexity index is 290. The van der Waals surface area contributed by atoms with Gasteiger partial charge >= 0.3 is 0 Å². The molecule has 2 N–H and O–H groups in total. The van der Waals surface area contributed by atoms with E-state index in [-0.39, 0.29) is 18.4 Å². The molecule has 6 heteroatoms. The van der Waals surface area contributed by atoms with Gasteiger partial charge in [0.1, 0.15) is 0 Å². The lowest BCUT2D eigenvalue weighted by atomic mass is 10.0. The molecule has 2 aliphatic rings. The molecule has 1 unspecified atom stereocenters. The van der Waals surface area contributed by atoms with Crippen molar-refractivity contribution in [2.75, 3.05) is 26.7 Å². The molecular formula is C11H19F2N3O. The zero-order chi connectivity index (χ0) is 12.5. The molecule has 0 aliphatic carbocycles. The van der Waals surface area contributed by atoms with Crippen LogP contribution in [0.5, 0.6) is 0 Å². The van der Waals surface area contributed by atoms with Crippen LogP contribution in [0.3, 0.4) is 0 Å². The van der Waals surface area contributed by atoms with Crippen LogP contribution in [0.1, 0.15) is 19.3 Å². The van der Waals surface area contributed by atoms with Crippen LogP contribution in [0.15, 0.2) is 0 Å². The summed E-state index contributed by atoms with van der Waals surface area (Å²) in [6.45, 7) is 1.50. The highest BCUT2D eigenvalue weighted by molar-refractivity contribution is 5.82. The Hall–Kier alpha value is -0.750. The van der Waals surface area contributed by atoms with E-state index in [0.717, 1.165) is 25.9 Å². The predicted octanol–water partition coefficient (Wildman–Crippen LogP) is 0.194. The second-order valence-electron chi connectivity index (χ2n) is 5.08. The maximum absolute atomic E-state index is 12.9. The molecule has 2 fully saturated rings. The van der Waals surface area contributed by atoms with Gasteiger partial charge in [-0.2, -0.15) is 0 Å². The monoisotopic (exact) mass is 247 g/mol. The minimum absolute atomic E-state index is 0.134. The van der Waals surface area contributed by atoms with Gasteiger partial charge in [-0.15, -0.1) is 0 Å². The normalized spacial score (nSPS) is 30.4. The lowest BCUT2D eigenvalue weighted by Crippen LogP contribution is -2.48. The summed E-state index contributed by atoms with van der Waals surface area (Å²) < 4.78 is 25.9. The Kier molecular flexibility index (Phi) is 3.63. The van der Waals surface area contributed by atoms with Gasteiger partial charge in [-0.1, -0.05) is 0 Å². The molecule has 0 spiro atoms. The first-order chi connectivity index (χ1) is 7.96. The molecule has 98 valence electrons. The van der Waals surface area contributed by atoms with Crippen molar-refractivity contribution in [2.45, 2.75) is 37.3 Å². The zero-order valence-electron chi connectivity index (χ0n) is 10.0. The lowest BCUT2D eigenvalue weighted by molar-refractivity contribution is -0.124. The van der Waals surface area contributed by atoms with Crippen LogP contribution in [0.2, 0.25) is 0 Å². The second-order valence-corrected chi connectivity index (χ2v) is 5.08. The Morgan fingerprint density at radius 2 is 2.06 bits per heavy atom. The second kappa shape index (κ2) is 4.86. The third-order valence-corrected chi connectivity index (χ3v) is 3.49. The van der Waals surface area contributed by atoms with E-state index in [9.17, 15) is 13.6 Å². The first-order valence-electron chi connectivity index (χ1n) is 6.06. The van der Waals surface area contributed by atoms with Gasteiger partial charge in [0.05, 0.1) is 12.6 Å². The van der Waals surface area contributed by atoms with E-state index < -0.39 is 18.5 Å². The Morgan fingerprint density at radius 3 is 2.59 bits per heavy atom. The average molecular weight is 247 g/mol. The van der Waals surface area contributed by atoms with Crippen LogP contribution in [0.25, 0.3) is 0 Å². The molecule has 2 heterocycles. The number of alkyl halides is 2. The third-order valence-electron chi connectivity index (χ3n) is 3.49. The Balaban J connectivity index is 1.78. The number of likely N-dealkylation sites (tertiary alicyclic amines) is 1. The molecule has 0 saturated carbocycles. The summed E-state index contributed by atoms with van der Waals surface area (Å²) in [7, 11) is 2.04. The van der Waals surface area contributed by atoms with E-state index in [1.807, 2.05) is 7.05 Å². The minimum atomic E-state index is -2.74. The van der Waals surface area contributed by atoms with E-state index >= 15 is 0 Å². The molecule has 4 nitrogen and oxygen atoms in total. The lowest BCUT2D eigenvalue weighted by Gasteiger charge is -2.30. The van der Waals surface area contributed by atoms with Crippen LogP contribution < -0.4 is 10.6 Å². The summed E-state index contributed by atoms with van der Waals surface area (Å²) in [5, 5.41) is 5.43. The number of carbonyl (C=O) groups is 1. The molecule has 2 saturated heterocycles. The molecule has 1 atom stereocenters. The van der Waals surface area contributed by atoms with Crippen LogP contribution in [-0.2, 0) is 4.79 Å². The van der Waals surface area contributed by atoms with Crippen molar-refractivity contribution in [1.82, 2.24) is 15.5 Å². The van der Waals surface area contributed by atoms with Gasteiger partial charge in [-0.05, 0) is 33.0 Å². The number of nitrogens with one attached hydrogen (secondary N) is 2. The molecule has 2 aliphatic heterocycles. The van der Waals surface area contributed by atoms with Gasteiger partial charge in [-0.3, -0.25) is 10.1 Å². The number of rotatable bonds is 2. The van der Waals surface area contributed by atoms with Crippen molar-refractivity contribution in [3.63, 3.8) is 0 Å². The summed E-state index contributed by atoms with van der Waals surface area (Å²) in [6.07, 6.45) is 1.40. The van der Waals surface area contributed by atoms with Crippen LogP contribution in [0.4, 0.5) is 8.78 Å². The smallest absolute Gasteiger partial charge is 0.262 e. The third kappa shape index (κ3) is 3.35.